The number of aromatic nitrogens is 4. The number of fused-ring (bicyclic) bond motifs is 12. The third-order valence-corrected chi connectivity index (χ3v) is 30.6. The van der Waals surface area contributed by atoms with Gasteiger partial charge in [-0.1, -0.05) is 80.9 Å². The Morgan fingerprint density at radius 1 is 0.487 bits per heavy atom. The average molecular weight is 2150 g/mol. The molecule has 0 unspecified atom stereocenters. The summed E-state index contributed by atoms with van der Waals surface area (Å²) in [6.07, 6.45) is 5.57. The number of aromatic amines is 3. The number of para-hydroxylation sites is 3. The summed E-state index contributed by atoms with van der Waals surface area (Å²) in [7, 11) is 0. The van der Waals surface area contributed by atoms with Crippen LogP contribution in [0.4, 0.5) is 0 Å². The van der Waals surface area contributed by atoms with E-state index in [4.69, 9.17) is 5.73 Å². The van der Waals surface area contributed by atoms with Crippen molar-refractivity contribution < 1.29 is 111 Å². The number of unbranched alkanes of at least 4 members (excludes halogenated alkanes) is 1. The molecule has 0 radical (unpaired) electrons. The minimum absolute atomic E-state index is 0.0204. The summed E-state index contributed by atoms with van der Waals surface area (Å²) in [5, 5.41) is 68.8. The van der Waals surface area contributed by atoms with Crippen molar-refractivity contribution in [2.24, 2.45) is 11.7 Å². The van der Waals surface area contributed by atoms with Gasteiger partial charge in [-0.15, -0.1) is 0 Å². The van der Waals surface area contributed by atoms with Crippen LogP contribution in [-0.2, 0) is 122 Å². The van der Waals surface area contributed by atoms with Gasteiger partial charge in [-0.2, -0.15) is 47.0 Å². The summed E-state index contributed by atoms with van der Waals surface area (Å²) in [6, 6.07) is 3.61. The number of nitrogens with zero attached hydrogens (tertiary/aromatic N) is 6. The van der Waals surface area contributed by atoms with Crippen LogP contribution in [0.15, 0.2) is 116 Å². The maximum atomic E-state index is 15.7. The maximum Gasteiger partial charge on any atom is 0.327 e. The van der Waals surface area contributed by atoms with Gasteiger partial charge in [0.25, 0.3) is 0 Å². The highest BCUT2D eigenvalue weighted by atomic mass is 32.2. The van der Waals surface area contributed by atoms with Crippen molar-refractivity contribution in [3.8, 4) is 0 Å². The number of thioether (sulfide) groups is 4. The van der Waals surface area contributed by atoms with Crippen LogP contribution >= 0.6 is 47.0 Å². The summed E-state index contributed by atoms with van der Waals surface area (Å²) >= 11 is 4.27. The highest BCUT2D eigenvalue weighted by Gasteiger charge is 2.45. The molecule has 21 N–H and O–H groups in total. The van der Waals surface area contributed by atoms with Crippen molar-refractivity contribution in [3.05, 3.63) is 138 Å². The van der Waals surface area contributed by atoms with Crippen molar-refractivity contribution in [2.45, 2.75) is 215 Å². The number of amides is 18. The first-order valence-corrected chi connectivity index (χ1v) is 54.8. The van der Waals surface area contributed by atoms with E-state index in [2.05, 4.69) is 89.1 Å². The number of aliphatic hydroxyl groups is 1. The molecule has 15 atom stereocenters. The summed E-state index contributed by atoms with van der Waals surface area (Å²) in [5.74, 6) is -20.7. The largest absolute Gasteiger partial charge is 0.481 e. The molecule has 5 aliphatic rings. The molecule has 3 aromatic carbocycles. The van der Waals surface area contributed by atoms with Crippen LogP contribution in [0.3, 0.4) is 0 Å². The molecule has 7 aromatic rings. The molecule has 808 valence electrons. The quantitative estimate of drug-likeness (QED) is 0.0361. The van der Waals surface area contributed by atoms with Crippen molar-refractivity contribution in [2.75, 3.05) is 99.3 Å². The first-order chi connectivity index (χ1) is 72.1. The molecule has 0 aliphatic carbocycles. The van der Waals surface area contributed by atoms with Gasteiger partial charge >= 0.3 is 11.9 Å². The van der Waals surface area contributed by atoms with E-state index in [1.165, 1.54) is 55.6 Å². The monoisotopic (exact) mass is 2150 g/mol. The molecule has 5 aliphatic heterocycles. The number of nitrogens with one attached hydrogen (secondary N) is 16. The third kappa shape index (κ3) is 31.9. The van der Waals surface area contributed by atoms with Gasteiger partial charge in [-0.05, 0) is 123 Å². The van der Waals surface area contributed by atoms with E-state index in [0.29, 0.717) is 61.5 Å². The van der Waals surface area contributed by atoms with E-state index in [9.17, 15) is 63.3 Å². The zero-order chi connectivity index (χ0) is 108. The van der Waals surface area contributed by atoms with Crippen molar-refractivity contribution in [1.82, 2.24) is 114 Å². The van der Waals surface area contributed by atoms with Crippen LogP contribution in [0, 0.1) is 5.92 Å². The van der Waals surface area contributed by atoms with Gasteiger partial charge in [0.2, 0.25) is 106 Å². The Labute approximate surface area is 881 Å². The van der Waals surface area contributed by atoms with Crippen LogP contribution in [-0.4, -0.2) is 362 Å². The first-order valence-electron chi connectivity index (χ1n) is 50.0. The second-order valence-electron chi connectivity index (χ2n) is 37.5. The zero-order valence-electron chi connectivity index (χ0n) is 83.7. The highest BCUT2D eigenvalue weighted by molar-refractivity contribution is 7.99. The minimum Gasteiger partial charge on any atom is -0.481 e. The lowest BCUT2D eigenvalue weighted by Crippen LogP contribution is -2.62. The predicted octanol–water partition coefficient (Wildman–Crippen LogP) is -1.02. The zero-order valence-corrected chi connectivity index (χ0v) is 86.9. The molecule has 12 rings (SSSR count). The fourth-order valence-electron chi connectivity index (χ4n) is 18.5. The first kappa shape index (κ1) is 115. The Bertz CT molecular complexity index is 6030. The lowest BCUT2D eigenvalue weighted by molar-refractivity contribution is -0.158. The van der Waals surface area contributed by atoms with Crippen LogP contribution in [0.2, 0.25) is 0 Å². The summed E-state index contributed by atoms with van der Waals surface area (Å²) in [5.41, 5.74) is 9.55. The Morgan fingerprint density at radius 3 is 1.45 bits per heavy atom. The van der Waals surface area contributed by atoms with Gasteiger partial charge in [0.15, 0.2) is 0 Å². The summed E-state index contributed by atoms with van der Waals surface area (Å²) in [6.45, 7) is 1.54. The molecule has 18 amide bonds. The highest BCUT2D eigenvalue weighted by Crippen LogP contribution is 2.29. The molecule has 0 saturated carbocycles. The number of aliphatic hydroxyl groups excluding tert-OH is 1. The van der Waals surface area contributed by atoms with Crippen LogP contribution < -0.4 is 74.9 Å². The van der Waals surface area contributed by atoms with Gasteiger partial charge in [0.05, 0.1) is 39.6 Å². The lowest BCUT2D eigenvalue weighted by atomic mass is 9.96. The number of hydrogen-bond donors (Lipinski definition) is 20. The number of benzene rings is 3. The Balaban J connectivity index is 0.888. The maximum absolute atomic E-state index is 15.7. The number of carbonyl (C=O) groups excluding carboxylic acids is 18. The SMILES string of the molecule is CC[C@H](C)[C@@H]1NC(=O)[C@@H]2CCCN2C(=O)[C@H](Cc2c[nH]c3ccccc23)NC(=O)[C@H](CO)NC(=O)[C@H](Cc2c[nH]c3ccccc23)NC(=O)[C@H](CC(=O)O)NC(=O)[C@H](CCCCN)NC(=O)[C@H](CCSC)NC(=O)[C@@H]2CSCCC(=O)N3CN(CN(C3)C(=O)CCSC[C@@H](NC(C)=O)C(=O)N3CCC[C@H]3C(=O)N[C@@H](Cc3ccccn3)C(=O)NCC(=O)N2)C(=O)CCSC[C@@H](C(=O)O)NC(=O)[C@H](Cc2c[nH]c3ccccc23)NC1=O. The predicted molar refractivity (Wildman–Crippen MR) is 559 cm³/mol. The van der Waals surface area contributed by atoms with E-state index in [0.717, 1.165) is 35.3 Å². The van der Waals surface area contributed by atoms with E-state index < -0.39 is 241 Å². The third-order valence-electron chi connectivity index (χ3n) is 26.8. The fraction of sp³-hybridized carbons (Fsp3) is 0.510. The van der Waals surface area contributed by atoms with Gasteiger partial charge < -0.3 is 130 Å². The second kappa shape index (κ2) is 56.1. The molecule has 5 fully saturated rings. The molecular weight excluding hydrogens is 2020 g/mol. The number of carboxylic acids is 2. The molecule has 5 saturated heterocycles. The summed E-state index contributed by atoms with van der Waals surface area (Å²) < 4.78 is 0. The van der Waals surface area contributed by atoms with Crippen molar-refractivity contribution in [1.29, 1.82) is 0 Å². The Hall–Kier alpha value is -13.9. The average Bonchev–Trinajstić information content (AvgIpc) is 1.64. The molecule has 50 heteroatoms. The molecule has 4 bridgehead atoms. The molecular formula is C100H131N23O23S4. The molecule has 9 heterocycles. The molecule has 4 aromatic heterocycles. The number of carboxylic acid groups (broad SMARTS) is 2. The number of hydrogen-bond acceptors (Lipinski definition) is 27. The van der Waals surface area contributed by atoms with Gasteiger partial charge in [0.1, 0.15) is 84.6 Å². The number of nitrogens with two attached hydrogens (primary N) is 1. The van der Waals surface area contributed by atoms with Gasteiger partial charge in [-0.25, -0.2) is 4.79 Å². The molecule has 0 spiro atoms. The number of carbonyl (C=O) groups is 20. The van der Waals surface area contributed by atoms with Crippen LogP contribution in [0.25, 0.3) is 32.7 Å². The van der Waals surface area contributed by atoms with Gasteiger partial charge in [-0.3, -0.25) is 96.1 Å². The number of pyridine rings is 1. The van der Waals surface area contributed by atoms with E-state index in [1.54, 1.807) is 123 Å². The van der Waals surface area contributed by atoms with Crippen molar-refractivity contribution in [3.63, 3.8) is 0 Å². The van der Waals surface area contributed by atoms with Crippen LogP contribution in [0.1, 0.15) is 127 Å². The van der Waals surface area contributed by atoms with E-state index in [1.807, 2.05) is 0 Å². The number of H-pyrrole nitrogens is 3. The van der Waals surface area contributed by atoms with E-state index in [-0.39, 0.29) is 163 Å². The molecule has 46 nitrogen and oxygen atoms in total. The normalized spacial score (nSPS) is 24.9. The molecule has 150 heavy (non-hydrogen) atoms. The lowest BCUT2D eigenvalue weighted by Gasteiger charge is -2.42. The smallest absolute Gasteiger partial charge is 0.327 e. The van der Waals surface area contributed by atoms with Gasteiger partial charge in [0, 0.05) is 163 Å². The standard InChI is InChI=1S/C100H131N23O23S4/c1-5-56(2)86-97(142)114-71(41-59-46-104-66-23-10-7-20-63(59)66)91(136)117-78(100(145)146)52-150-39-31-84(129)121-54-119-53-120(55-121)83(128)30-38-149-51-77(107-57(3)125)99(144)123-35-16-26-79(123)95(140)113-72(43-61-18-13-15-33-102-61)87(132)106-48-81(126)108-76(50-148-37-29-82(119)127)94(139)110-69(28-36-147-4)89(134)109-68(25-12-14-32-101)88(133)112-73(44-85(130)131)92(137)111-70(40-58-45-103-65-22-9-6-19-62(58)65)90(135)116-75(49-124)93(138)115-74(42-60-47-105-67-24-11-8-21-64(60)67)98(143)122-34-17-27-80(122)96(141)118-86/h6-11,13,15,18-24,33,45-47,56,68-80,86,103-105,124H,5,12,14,16-17,25-32,34-44,48-55,101H2,1-4H3,(H,106,132)(H,107,125)(H,108,126)(H,109,134)(H,110,139)(H,111,137)(H,112,133)(H,113,140)(H,114,142)(H,115,138)(H,116,135)(H,117,136)(H,118,141)(H,130,131)(H,145,146)/t56-,68-,69-,70-,71-,72-,73-,74-,75-,76-,77+,78-,79-,80-,86-/m0/s1. The Morgan fingerprint density at radius 2 is 0.933 bits per heavy atom. The second-order valence-corrected chi connectivity index (χ2v) is 41.9. The van der Waals surface area contributed by atoms with E-state index >= 15 is 47.9 Å². The fourth-order valence-corrected chi connectivity index (χ4v) is 21.8. The number of rotatable bonds is 22. The minimum atomic E-state index is -2.07. The van der Waals surface area contributed by atoms with Crippen molar-refractivity contribution >= 4 is 198 Å². The Kier molecular flexibility index (Phi) is 43.0. The summed E-state index contributed by atoms with van der Waals surface area (Å²) in [4.78, 5) is 314. The number of aliphatic carboxylic acids is 2. The topological polar surface area (TPSA) is 661 Å². The van der Waals surface area contributed by atoms with Crippen LogP contribution in [0.5, 0.6) is 0 Å².